The third-order valence-electron chi connectivity index (χ3n) is 5.36. The first-order valence-electron chi connectivity index (χ1n) is 9.35. The van der Waals surface area contributed by atoms with Crippen LogP contribution in [0.15, 0.2) is 48.5 Å². The van der Waals surface area contributed by atoms with Crippen molar-refractivity contribution in [2.45, 2.75) is 12.8 Å². The van der Waals surface area contributed by atoms with Crippen LogP contribution in [0.1, 0.15) is 12.0 Å². The molecule has 136 valence electrons. The van der Waals surface area contributed by atoms with Gasteiger partial charge in [0.1, 0.15) is 5.75 Å². The summed E-state index contributed by atoms with van der Waals surface area (Å²) in [6.45, 7) is 4.86. The van der Waals surface area contributed by atoms with Gasteiger partial charge in [-0.15, -0.1) is 0 Å². The molecule has 0 radical (unpaired) electrons. The van der Waals surface area contributed by atoms with Crippen LogP contribution in [0, 0.1) is 0 Å². The number of para-hydroxylation sites is 1. The Kier molecular flexibility index (Phi) is 4.80. The zero-order valence-corrected chi connectivity index (χ0v) is 15.0. The molecule has 0 aromatic heterocycles. The Bertz CT molecular complexity index is 767. The molecular formula is C21H25N3O2. The van der Waals surface area contributed by atoms with Crippen LogP contribution in [-0.2, 0) is 11.2 Å². The first-order chi connectivity index (χ1) is 12.7. The Balaban J connectivity index is 1.35. The van der Waals surface area contributed by atoms with E-state index in [0.717, 1.165) is 56.9 Å². The van der Waals surface area contributed by atoms with Crippen molar-refractivity contribution in [2.24, 2.45) is 0 Å². The third-order valence-corrected chi connectivity index (χ3v) is 5.36. The first-order valence-corrected chi connectivity index (χ1v) is 9.35. The van der Waals surface area contributed by atoms with E-state index in [0.29, 0.717) is 12.3 Å². The van der Waals surface area contributed by atoms with E-state index >= 15 is 0 Å². The number of nitrogens with zero attached hydrogens (tertiary/aromatic N) is 3. The number of aromatic hydroxyl groups is 1. The number of piperazine rings is 1. The van der Waals surface area contributed by atoms with Crippen LogP contribution in [0.5, 0.6) is 5.75 Å². The van der Waals surface area contributed by atoms with Crippen LogP contribution in [0.25, 0.3) is 0 Å². The fourth-order valence-corrected chi connectivity index (χ4v) is 3.90. The molecule has 0 bridgehead atoms. The molecule has 1 saturated heterocycles. The third kappa shape index (κ3) is 3.53. The van der Waals surface area contributed by atoms with Crippen LogP contribution < -0.4 is 9.80 Å². The molecule has 5 heteroatoms. The predicted molar refractivity (Wildman–Crippen MR) is 104 cm³/mol. The van der Waals surface area contributed by atoms with E-state index < -0.39 is 0 Å². The van der Waals surface area contributed by atoms with Crippen LogP contribution in [0.2, 0.25) is 0 Å². The number of anilines is 2. The van der Waals surface area contributed by atoms with Crippen LogP contribution >= 0.6 is 0 Å². The number of phenols is 1. The van der Waals surface area contributed by atoms with E-state index in [1.807, 2.05) is 23.1 Å². The van der Waals surface area contributed by atoms with Gasteiger partial charge in [0.25, 0.3) is 0 Å². The molecule has 1 fully saturated rings. The Hall–Kier alpha value is -2.53. The molecule has 2 aliphatic rings. The molecule has 4 rings (SSSR count). The van der Waals surface area contributed by atoms with Gasteiger partial charge in [-0.1, -0.05) is 18.2 Å². The van der Waals surface area contributed by atoms with Crippen molar-refractivity contribution in [2.75, 3.05) is 49.1 Å². The molecule has 0 unspecified atom stereocenters. The normalized spacial score (nSPS) is 17.8. The lowest BCUT2D eigenvalue weighted by Crippen LogP contribution is -2.50. The summed E-state index contributed by atoms with van der Waals surface area (Å²) in [6, 6.07) is 15.6. The monoisotopic (exact) mass is 351 g/mol. The Labute approximate surface area is 154 Å². The van der Waals surface area contributed by atoms with Crippen molar-refractivity contribution in [1.82, 2.24) is 4.90 Å². The lowest BCUT2D eigenvalue weighted by molar-refractivity contribution is -0.119. The summed E-state index contributed by atoms with van der Waals surface area (Å²) in [7, 11) is 0. The van der Waals surface area contributed by atoms with Crippen molar-refractivity contribution in [3.63, 3.8) is 0 Å². The standard InChI is InChI=1S/C21H25N3O2/c25-19-9-7-18(8-10-19)23-14-12-22(13-15-23)16-21(26)24-11-3-5-17-4-1-2-6-20(17)24/h1-2,4,6-10,25H,3,5,11-16H2. The lowest BCUT2D eigenvalue weighted by Gasteiger charge is -2.37. The summed E-state index contributed by atoms with van der Waals surface area (Å²) in [5, 5.41) is 9.42. The number of amides is 1. The highest BCUT2D eigenvalue weighted by molar-refractivity contribution is 5.96. The van der Waals surface area contributed by atoms with E-state index in [9.17, 15) is 9.90 Å². The van der Waals surface area contributed by atoms with Crippen LogP contribution in [-0.4, -0.2) is 55.2 Å². The van der Waals surface area contributed by atoms with Crippen LogP contribution in [0.3, 0.4) is 0 Å². The zero-order valence-electron chi connectivity index (χ0n) is 15.0. The molecule has 2 aliphatic heterocycles. The van der Waals surface area contributed by atoms with E-state index in [-0.39, 0.29) is 5.91 Å². The number of phenolic OH excluding ortho intramolecular Hbond substituents is 1. The summed E-state index contributed by atoms with van der Waals surface area (Å²) >= 11 is 0. The molecule has 26 heavy (non-hydrogen) atoms. The molecule has 1 amide bonds. The SMILES string of the molecule is O=C(CN1CCN(c2ccc(O)cc2)CC1)N1CCCc2ccccc21. The molecule has 0 saturated carbocycles. The van der Waals surface area contributed by atoms with Gasteiger partial charge >= 0.3 is 0 Å². The van der Waals surface area contributed by atoms with Gasteiger partial charge < -0.3 is 14.9 Å². The fourth-order valence-electron chi connectivity index (χ4n) is 3.90. The Morgan fingerprint density at radius 3 is 2.42 bits per heavy atom. The van der Waals surface area contributed by atoms with Gasteiger partial charge in [-0.25, -0.2) is 0 Å². The van der Waals surface area contributed by atoms with Crippen molar-refractivity contribution >= 4 is 17.3 Å². The van der Waals surface area contributed by atoms with Gasteiger partial charge in [0, 0.05) is 44.1 Å². The maximum atomic E-state index is 12.9. The molecule has 2 aromatic rings. The lowest BCUT2D eigenvalue weighted by atomic mass is 10.0. The van der Waals surface area contributed by atoms with Gasteiger partial charge in [-0.05, 0) is 48.7 Å². The van der Waals surface area contributed by atoms with E-state index in [4.69, 9.17) is 0 Å². The number of aryl methyl sites for hydroxylation is 1. The summed E-state index contributed by atoms with van der Waals surface area (Å²) in [5.41, 5.74) is 3.49. The number of benzene rings is 2. The second-order valence-electron chi connectivity index (χ2n) is 7.06. The number of carbonyl (C=O) groups is 1. The van der Waals surface area contributed by atoms with Gasteiger partial charge in [0.2, 0.25) is 5.91 Å². The van der Waals surface area contributed by atoms with Crippen molar-refractivity contribution in [1.29, 1.82) is 0 Å². The molecule has 0 aliphatic carbocycles. The minimum Gasteiger partial charge on any atom is -0.508 e. The predicted octanol–water partition coefficient (Wildman–Crippen LogP) is 2.49. The zero-order chi connectivity index (χ0) is 17.9. The highest BCUT2D eigenvalue weighted by Gasteiger charge is 2.25. The first kappa shape index (κ1) is 16.9. The van der Waals surface area contributed by atoms with E-state index in [1.54, 1.807) is 12.1 Å². The number of carbonyl (C=O) groups excluding carboxylic acids is 1. The van der Waals surface area contributed by atoms with Crippen molar-refractivity contribution < 1.29 is 9.90 Å². The number of fused-ring (bicyclic) bond motifs is 1. The average molecular weight is 351 g/mol. The summed E-state index contributed by atoms with van der Waals surface area (Å²) in [6.07, 6.45) is 2.10. The van der Waals surface area contributed by atoms with Gasteiger partial charge in [-0.3, -0.25) is 9.69 Å². The summed E-state index contributed by atoms with van der Waals surface area (Å²) in [5.74, 6) is 0.495. The average Bonchev–Trinajstić information content (AvgIpc) is 2.69. The molecule has 0 atom stereocenters. The number of rotatable bonds is 3. The Morgan fingerprint density at radius 2 is 1.65 bits per heavy atom. The smallest absolute Gasteiger partial charge is 0.241 e. The topological polar surface area (TPSA) is 47.0 Å². The number of hydrogen-bond acceptors (Lipinski definition) is 4. The second-order valence-corrected chi connectivity index (χ2v) is 7.06. The highest BCUT2D eigenvalue weighted by atomic mass is 16.3. The van der Waals surface area contributed by atoms with Gasteiger partial charge in [0.15, 0.2) is 0 Å². The minimum absolute atomic E-state index is 0.204. The molecule has 0 spiro atoms. The summed E-state index contributed by atoms with van der Waals surface area (Å²) < 4.78 is 0. The van der Waals surface area contributed by atoms with Crippen molar-refractivity contribution in [3.8, 4) is 5.75 Å². The minimum atomic E-state index is 0.204. The molecule has 2 aromatic carbocycles. The van der Waals surface area contributed by atoms with E-state index in [1.165, 1.54) is 5.56 Å². The number of hydrogen-bond donors (Lipinski definition) is 1. The highest BCUT2D eigenvalue weighted by Crippen LogP contribution is 2.27. The molecule has 2 heterocycles. The van der Waals surface area contributed by atoms with Crippen molar-refractivity contribution in [3.05, 3.63) is 54.1 Å². The fraction of sp³-hybridized carbons (Fsp3) is 0.381. The Morgan fingerprint density at radius 1 is 0.923 bits per heavy atom. The summed E-state index contributed by atoms with van der Waals surface area (Å²) in [4.78, 5) is 19.4. The molecule has 1 N–H and O–H groups in total. The maximum Gasteiger partial charge on any atom is 0.241 e. The molecule has 5 nitrogen and oxygen atoms in total. The van der Waals surface area contributed by atoms with Crippen LogP contribution in [0.4, 0.5) is 11.4 Å². The van der Waals surface area contributed by atoms with Gasteiger partial charge in [-0.2, -0.15) is 0 Å². The largest absolute Gasteiger partial charge is 0.508 e. The maximum absolute atomic E-state index is 12.9. The second kappa shape index (κ2) is 7.38. The molecular weight excluding hydrogens is 326 g/mol. The van der Waals surface area contributed by atoms with Gasteiger partial charge in [0.05, 0.1) is 6.54 Å². The van der Waals surface area contributed by atoms with E-state index in [2.05, 4.69) is 28.0 Å². The quantitative estimate of drug-likeness (QED) is 0.923.